The number of benzene rings is 2. The summed E-state index contributed by atoms with van der Waals surface area (Å²) in [6.07, 6.45) is 5.01. The summed E-state index contributed by atoms with van der Waals surface area (Å²) in [5.41, 5.74) is 4.74. The normalized spacial score (nSPS) is 32.0. The Balaban J connectivity index is 1.46. The lowest BCUT2D eigenvalue weighted by Crippen LogP contribution is -2.53. The maximum absolute atomic E-state index is 13.8. The second kappa shape index (κ2) is 9.22. The standard InChI is InChI=1S/C33H34FNO3/c1-32-19-28(22-7-9-25(10-8-22)35(2)3)30-27-12-11-26(36)18-23(27)20-38-31(30)29(32)14-16-33(32,37)15-13-21-5-4-6-24(34)17-21/h4-10,17-18,28-29,31,37H,11-12,14,16,19-20H2,1-3H3/t28-,29?,31?,32+,33+/m1/s1. The first-order valence-electron chi connectivity index (χ1n) is 13.6. The number of fused-ring (bicyclic) bond motifs is 4. The Morgan fingerprint density at radius 3 is 2.66 bits per heavy atom. The highest BCUT2D eigenvalue weighted by molar-refractivity contribution is 5.93. The van der Waals surface area contributed by atoms with Gasteiger partial charge in [0.15, 0.2) is 5.78 Å². The van der Waals surface area contributed by atoms with Crippen LogP contribution in [0.4, 0.5) is 10.1 Å². The van der Waals surface area contributed by atoms with Gasteiger partial charge in [0.1, 0.15) is 11.4 Å². The van der Waals surface area contributed by atoms with E-state index in [-0.39, 0.29) is 29.5 Å². The molecule has 38 heavy (non-hydrogen) atoms. The van der Waals surface area contributed by atoms with Crippen LogP contribution in [0.25, 0.3) is 0 Å². The summed E-state index contributed by atoms with van der Waals surface area (Å²) in [6.45, 7) is 2.59. The average Bonchev–Trinajstić information content (AvgIpc) is 3.17. The number of ether oxygens (including phenoxy) is 1. The Bertz CT molecular complexity index is 1410. The number of halogens is 1. The molecule has 3 aliphatic carbocycles. The van der Waals surface area contributed by atoms with E-state index in [0.29, 0.717) is 25.0 Å². The van der Waals surface area contributed by atoms with Crippen LogP contribution in [0.5, 0.6) is 0 Å². The molecule has 4 aliphatic rings. The van der Waals surface area contributed by atoms with Crippen LogP contribution < -0.4 is 4.90 Å². The van der Waals surface area contributed by atoms with Crippen molar-refractivity contribution in [3.63, 3.8) is 0 Å². The van der Waals surface area contributed by atoms with Crippen molar-refractivity contribution in [1.29, 1.82) is 0 Å². The molecule has 1 heterocycles. The number of allylic oxidation sites excluding steroid dienone is 1. The third kappa shape index (κ3) is 4.02. The molecule has 6 rings (SSSR count). The van der Waals surface area contributed by atoms with Crippen LogP contribution in [0.2, 0.25) is 0 Å². The van der Waals surface area contributed by atoms with Gasteiger partial charge in [-0.1, -0.05) is 37.0 Å². The first-order valence-corrected chi connectivity index (χ1v) is 13.6. The minimum absolute atomic E-state index is 0.0463. The zero-order chi connectivity index (χ0) is 26.7. The van der Waals surface area contributed by atoms with E-state index in [0.717, 1.165) is 30.5 Å². The summed E-state index contributed by atoms with van der Waals surface area (Å²) < 4.78 is 20.4. The quantitative estimate of drug-likeness (QED) is 0.536. The second-order valence-corrected chi connectivity index (χ2v) is 11.7. The highest BCUT2D eigenvalue weighted by atomic mass is 19.1. The number of carbonyl (C=O) groups is 1. The predicted molar refractivity (Wildman–Crippen MR) is 146 cm³/mol. The molecule has 0 aromatic heterocycles. The van der Waals surface area contributed by atoms with Gasteiger partial charge in [0, 0.05) is 43.1 Å². The fourth-order valence-corrected chi connectivity index (χ4v) is 7.27. The van der Waals surface area contributed by atoms with Crippen molar-refractivity contribution >= 4 is 11.5 Å². The Morgan fingerprint density at radius 1 is 1.13 bits per heavy atom. The lowest BCUT2D eigenvalue weighted by atomic mass is 9.55. The Morgan fingerprint density at radius 2 is 1.92 bits per heavy atom. The van der Waals surface area contributed by atoms with Crippen molar-refractivity contribution in [3.8, 4) is 11.8 Å². The molecule has 2 unspecified atom stereocenters. The van der Waals surface area contributed by atoms with Crippen molar-refractivity contribution in [3.05, 3.63) is 88.3 Å². The van der Waals surface area contributed by atoms with E-state index in [4.69, 9.17) is 4.74 Å². The third-order valence-electron chi connectivity index (χ3n) is 9.42. The van der Waals surface area contributed by atoms with Gasteiger partial charge in [-0.3, -0.25) is 4.79 Å². The zero-order valence-electron chi connectivity index (χ0n) is 22.3. The highest BCUT2D eigenvalue weighted by Gasteiger charge is 2.63. The number of hydrogen-bond acceptors (Lipinski definition) is 4. The summed E-state index contributed by atoms with van der Waals surface area (Å²) >= 11 is 0. The van der Waals surface area contributed by atoms with Gasteiger partial charge < -0.3 is 14.7 Å². The van der Waals surface area contributed by atoms with Gasteiger partial charge in [-0.2, -0.15) is 0 Å². The highest BCUT2D eigenvalue weighted by Crippen LogP contribution is 2.64. The van der Waals surface area contributed by atoms with Gasteiger partial charge in [0.05, 0.1) is 12.7 Å². The summed E-state index contributed by atoms with van der Waals surface area (Å²) in [4.78, 5) is 14.3. The molecule has 2 aromatic carbocycles. The van der Waals surface area contributed by atoms with Gasteiger partial charge in [-0.15, -0.1) is 0 Å². The fraction of sp³-hybridized carbons (Fsp3) is 0.424. The van der Waals surface area contributed by atoms with Crippen molar-refractivity contribution in [2.45, 2.75) is 56.7 Å². The van der Waals surface area contributed by atoms with E-state index in [2.05, 4.69) is 47.9 Å². The first-order chi connectivity index (χ1) is 18.2. The van der Waals surface area contributed by atoms with Crippen LogP contribution >= 0.6 is 0 Å². The summed E-state index contributed by atoms with van der Waals surface area (Å²) in [6, 6.07) is 14.9. The maximum Gasteiger partial charge on any atom is 0.156 e. The summed E-state index contributed by atoms with van der Waals surface area (Å²) in [5, 5.41) is 12.1. The molecule has 196 valence electrons. The van der Waals surface area contributed by atoms with Crippen LogP contribution in [0.1, 0.15) is 56.1 Å². The molecule has 0 spiro atoms. The smallest absolute Gasteiger partial charge is 0.156 e. The molecular formula is C33H34FNO3. The number of anilines is 1. The minimum atomic E-state index is -1.22. The summed E-state index contributed by atoms with van der Waals surface area (Å²) in [5.74, 6) is 6.26. The van der Waals surface area contributed by atoms with Gasteiger partial charge in [0.2, 0.25) is 0 Å². The largest absolute Gasteiger partial charge is 0.378 e. The molecule has 0 amide bonds. The van der Waals surface area contributed by atoms with Gasteiger partial charge >= 0.3 is 0 Å². The number of nitrogens with zero attached hydrogens (tertiary/aromatic N) is 1. The molecule has 2 aromatic rings. The Hall–Kier alpha value is -3.20. The topological polar surface area (TPSA) is 49.8 Å². The fourth-order valence-electron chi connectivity index (χ4n) is 7.27. The second-order valence-electron chi connectivity index (χ2n) is 11.7. The maximum atomic E-state index is 13.8. The monoisotopic (exact) mass is 511 g/mol. The molecule has 1 aliphatic heterocycles. The molecule has 0 bridgehead atoms. The van der Waals surface area contributed by atoms with Crippen LogP contribution in [0, 0.1) is 29.0 Å². The molecule has 5 heteroatoms. The van der Waals surface area contributed by atoms with Crippen molar-refractivity contribution < 1.29 is 19.0 Å². The van der Waals surface area contributed by atoms with Crippen molar-refractivity contribution in [2.24, 2.45) is 11.3 Å². The molecule has 2 fully saturated rings. The van der Waals surface area contributed by atoms with E-state index in [1.54, 1.807) is 18.2 Å². The average molecular weight is 512 g/mol. The van der Waals surface area contributed by atoms with Crippen LogP contribution in [-0.4, -0.2) is 43.3 Å². The van der Waals surface area contributed by atoms with Crippen LogP contribution in [-0.2, 0) is 9.53 Å². The molecule has 0 saturated heterocycles. The third-order valence-corrected chi connectivity index (χ3v) is 9.42. The van der Waals surface area contributed by atoms with E-state index in [1.165, 1.54) is 28.8 Å². The van der Waals surface area contributed by atoms with E-state index >= 15 is 0 Å². The number of carbonyl (C=O) groups excluding carboxylic acids is 1. The van der Waals surface area contributed by atoms with E-state index in [9.17, 15) is 14.3 Å². The lowest BCUT2D eigenvalue weighted by molar-refractivity contribution is -0.115. The minimum Gasteiger partial charge on any atom is -0.378 e. The molecule has 4 nitrogen and oxygen atoms in total. The van der Waals surface area contributed by atoms with Crippen molar-refractivity contribution in [2.75, 3.05) is 25.6 Å². The number of rotatable bonds is 2. The predicted octanol–water partition coefficient (Wildman–Crippen LogP) is 5.56. The Labute approximate surface area is 224 Å². The first kappa shape index (κ1) is 25.1. The van der Waals surface area contributed by atoms with Crippen molar-refractivity contribution in [1.82, 2.24) is 0 Å². The summed E-state index contributed by atoms with van der Waals surface area (Å²) in [7, 11) is 4.06. The zero-order valence-corrected chi connectivity index (χ0v) is 22.3. The molecule has 0 radical (unpaired) electrons. The Kier molecular flexibility index (Phi) is 6.09. The lowest BCUT2D eigenvalue weighted by Gasteiger charge is -2.53. The SMILES string of the molecule is CN(C)c1ccc([C@H]2C[C@@]3(C)C(CC[C@@]3(O)C#Cc3cccc(F)c3)C3OCC4=CC(=O)CCC4=C32)cc1. The van der Waals surface area contributed by atoms with Gasteiger partial charge in [0.25, 0.3) is 0 Å². The molecule has 2 saturated carbocycles. The van der Waals surface area contributed by atoms with Gasteiger partial charge in [-0.25, -0.2) is 4.39 Å². The van der Waals surface area contributed by atoms with Crippen LogP contribution in [0.3, 0.4) is 0 Å². The van der Waals surface area contributed by atoms with Gasteiger partial charge in [-0.05, 0) is 90.3 Å². The number of ketones is 1. The molecular weight excluding hydrogens is 477 g/mol. The molecule has 5 atom stereocenters. The molecule has 1 N–H and O–H groups in total. The van der Waals surface area contributed by atoms with Crippen LogP contribution in [0.15, 0.2) is 71.3 Å². The number of hydrogen-bond donors (Lipinski definition) is 1. The van der Waals surface area contributed by atoms with E-state index < -0.39 is 11.0 Å². The number of aliphatic hydroxyl groups is 1. The van der Waals surface area contributed by atoms with E-state index in [1.807, 2.05) is 14.1 Å².